The highest BCUT2D eigenvalue weighted by atomic mass is 16.6. The van der Waals surface area contributed by atoms with Gasteiger partial charge in [0.2, 0.25) is 0 Å². The summed E-state index contributed by atoms with van der Waals surface area (Å²) in [6.07, 6.45) is -0.486. The van der Waals surface area contributed by atoms with E-state index in [1.807, 2.05) is 0 Å². The van der Waals surface area contributed by atoms with E-state index in [4.69, 9.17) is 18.9 Å². The van der Waals surface area contributed by atoms with Crippen LogP contribution in [0.1, 0.15) is 0 Å². The van der Waals surface area contributed by atoms with Gasteiger partial charge in [-0.25, -0.2) is 0 Å². The average Bonchev–Trinajstić information content (AvgIpc) is 2.17. The molecule has 0 bridgehead atoms. The van der Waals surface area contributed by atoms with Crippen LogP contribution in [0.25, 0.3) is 0 Å². The van der Waals surface area contributed by atoms with E-state index >= 15 is 0 Å². The lowest BCUT2D eigenvalue weighted by Crippen LogP contribution is -2.49. The number of methoxy groups -OCH3 is 3. The van der Waals surface area contributed by atoms with Gasteiger partial charge in [-0.05, 0) is 0 Å². The summed E-state index contributed by atoms with van der Waals surface area (Å²) in [6, 6.07) is 0. The highest BCUT2D eigenvalue weighted by molar-refractivity contribution is 5.03. The lowest BCUT2D eigenvalue weighted by molar-refractivity contribution is -0.153. The van der Waals surface area contributed by atoms with E-state index in [1.165, 1.54) is 0 Å². The van der Waals surface area contributed by atoms with E-state index in [0.29, 0.717) is 12.4 Å². The van der Waals surface area contributed by atoms with Gasteiger partial charge in [-0.1, -0.05) is 6.58 Å². The summed E-state index contributed by atoms with van der Waals surface area (Å²) >= 11 is 0. The molecule has 0 aromatic heterocycles. The second-order valence-corrected chi connectivity index (χ2v) is 2.91. The Kier molecular flexibility index (Phi) is 3.71. The van der Waals surface area contributed by atoms with Gasteiger partial charge in [-0.3, -0.25) is 0 Å². The zero-order valence-corrected chi connectivity index (χ0v) is 8.28. The maximum Gasteiger partial charge on any atom is 0.142 e. The van der Waals surface area contributed by atoms with Crippen molar-refractivity contribution in [1.29, 1.82) is 0 Å². The van der Waals surface area contributed by atoms with Crippen LogP contribution in [-0.2, 0) is 18.9 Å². The van der Waals surface area contributed by atoms with Crippen molar-refractivity contribution in [3.63, 3.8) is 0 Å². The molecule has 3 unspecified atom stereocenters. The van der Waals surface area contributed by atoms with Gasteiger partial charge in [0.15, 0.2) is 0 Å². The van der Waals surface area contributed by atoms with Gasteiger partial charge < -0.3 is 18.9 Å². The van der Waals surface area contributed by atoms with Gasteiger partial charge >= 0.3 is 0 Å². The fourth-order valence-corrected chi connectivity index (χ4v) is 1.49. The minimum atomic E-state index is -0.247. The molecular formula is C9H16O4. The molecule has 0 aromatic rings. The van der Waals surface area contributed by atoms with Crippen LogP contribution in [0.2, 0.25) is 0 Å². The Hall–Kier alpha value is -0.580. The first-order valence-corrected chi connectivity index (χ1v) is 4.14. The standard InChI is InChI=1S/C9H16O4/c1-6-8(11-3)9(12-4)7(10-2)5-13-6/h7-9H,1,5H2,2-4H3. The fourth-order valence-electron chi connectivity index (χ4n) is 1.49. The molecule has 1 aliphatic heterocycles. The Labute approximate surface area is 78.4 Å². The van der Waals surface area contributed by atoms with Gasteiger partial charge in [0, 0.05) is 21.3 Å². The Morgan fingerprint density at radius 3 is 2.38 bits per heavy atom. The summed E-state index contributed by atoms with van der Waals surface area (Å²) in [7, 11) is 4.85. The van der Waals surface area contributed by atoms with Crippen molar-refractivity contribution < 1.29 is 18.9 Å². The van der Waals surface area contributed by atoms with Crippen molar-refractivity contribution in [3.05, 3.63) is 12.3 Å². The quantitative estimate of drug-likeness (QED) is 0.649. The summed E-state index contributed by atoms with van der Waals surface area (Å²) in [5, 5.41) is 0. The third kappa shape index (κ3) is 2.02. The van der Waals surface area contributed by atoms with Gasteiger partial charge in [0.05, 0.1) is 0 Å². The number of hydrogen-bond acceptors (Lipinski definition) is 4. The number of hydrogen-bond donors (Lipinski definition) is 0. The molecule has 0 N–H and O–H groups in total. The first-order chi connectivity index (χ1) is 6.24. The molecule has 76 valence electrons. The largest absolute Gasteiger partial charge is 0.493 e. The molecule has 4 heteroatoms. The SMILES string of the molecule is C=C1OCC(OC)C(OC)C1OC. The molecule has 0 spiro atoms. The maximum atomic E-state index is 5.29. The molecule has 1 saturated heterocycles. The van der Waals surface area contributed by atoms with Gasteiger partial charge in [-0.2, -0.15) is 0 Å². The smallest absolute Gasteiger partial charge is 0.142 e. The minimum absolute atomic E-state index is 0.0968. The van der Waals surface area contributed by atoms with Crippen LogP contribution in [0.5, 0.6) is 0 Å². The second-order valence-electron chi connectivity index (χ2n) is 2.91. The topological polar surface area (TPSA) is 36.9 Å². The average molecular weight is 188 g/mol. The van der Waals surface area contributed by atoms with E-state index in [-0.39, 0.29) is 18.3 Å². The van der Waals surface area contributed by atoms with E-state index in [0.717, 1.165) is 0 Å². The molecule has 1 aliphatic rings. The monoisotopic (exact) mass is 188 g/mol. The zero-order valence-electron chi connectivity index (χ0n) is 8.28. The van der Waals surface area contributed by atoms with Crippen molar-refractivity contribution in [2.75, 3.05) is 27.9 Å². The van der Waals surface area contributed by atoms with E-state index in [2.05, 4.69) is 6.58 Å². The number of ether oxygens (including phenoxy) is 4. The van der Waals surface area contributed by atoms with Gasteiger partial charge in [-0.15, -0.1) is 0 Å². The number of rotatable bonds is 3. The molecule has 0 amide bonds. The zero-order chi connectivity index (χ0) is 9.84. The fraction of sp³-hybridized carbons (Fsp3) is 0.778. The Morgan fingerprint density at radius 1 is 1.23 bits per heavy atom. The Morgan fingerprint density at radius 2 is 1.92 bits per heavy atom. The molecule has 0 radical (unpaired) electrons. The molecule has 13 heavy (non-hydrogen) atoms. The third-order valence-corrected chi connectivity index (χ3v) is 2.24. The lowest BCUT2D eigenvalue weighted by Gasteiger charge is -2.36. The van der Waals surface area contributed by atoms with Gasteiger partial charge in [0.1, 0.15) is 30.7 Å². The van der Waals surface area contributed by atoms with Crippen LogP contribution in [0, 0.1) is 0 Å². The predicted molar refractivity (Wildman–Crippen MR) is 47.5 cm³/mol. The Balaban J connectivity index is 2.70. The molecule has 1 fully saturated rings. The summed E-state index contributed by atoms with van der Waals surface area (Å²) in [6.45, 7) is 4.22. The van der Waals surface area contributed by atoms with Crippen molar-refractivity contribution in [2.45, 2.75) is 18.3 Å². The molecule has 3 atom stereocenters. The third-order valence-electron chi connectivity index (χ3n) is 2.24. The van der Waals surface area contributed by atoms with Crippen molar-refractivity contribution in [1.82, 2.24) is 0 Å². The van der Waals surface area contributed by atoms with Crippen molar-refractivity contribution >= 4 is 0 Å². The molecule has 0 saturated carbocycles. The molecule has 4 nitrogen and oxygen atoms in total. The summed E-state index contributed by atoms with van der Waals surface area (Å²) in [4.78, 5) is 0. The van der Waals surface area contributed by atoms with Crippen LogP contribution >= 0.6 is 0 Å². The molecule has 0 aromatic carbocycles. The van der Waals surface area contributed by atoms with Crippen LogP contribution in [0.4, 0.5) is 0 Å². The van der Waals surface area contributed by atoms with E-state index in [9.17, 15) is 0 Å². The minimum Gasteiger partial charge on any atom is -0.493 e. The molecule has 1 heterocycles. The van der Waals surface area contributed by atoms with Crippen molar-refractivity contribution in [3.8, 4) is 0 Å². The van der Waals surface area contributed by atoms with Crippen molar-refractivity contribution in [2.24, 2.45) is 0 Å². The predicted octanol–water partition coefficient (Wildman–Crippen LogP) is 0.575. The normalized spacial score (nSPS) is 34.4. The first-order valence-electron chi connectivity index (χ1n) is 4.14. The lowest BCUT2D eigenvalue weighted by atomic mass is 10.0. The van der Waals surface area contributed by atoms with Crippen LogP contribution < -0.4 is 0 Å². The second kappa shape index (κ2) is 4.60. The summed E-state index contributed by atoms with van der Waals surface area (Å²) < 4.78 is 21.0. The molecule has 1 rings (SSSR count). The van der Waals surface area contributed by atoms with E-state index in [1.54, 1.807) is 21.3 Å². The van der Waals surface area contributed by atoms with Crippen LogP contribution in [0.15, 0.2) is 12.3 Å². The van der Waals surface area contributed by atoms with E-state index < -0.39 is 0 Å². The first kappa shape index (κ1) is 10.5. The highest BCUT2D eigenvalue weighted by Gasteiger charge is 2.37. The summed E-state index contributed by atoms with van der Waals surface area (Å²) in [5.74, 6) is 0.600. The Bertz CT molecular complexity index is 180. The van der Waals surface area contributed by atoms with Crippen LogP contribution in [-0.4, -0.2) is 46.2 Å². The van der Waals surface area contributed by atoms with Gasteiger partial charge in [0.25, 0.3) is 0 Å². The molecule has 0 aliphatic carbocycles. The van der Waals surface area contributed by atoms with Crippen LogP contribution in [0.3, 0.4) is 0 Å². The molecular weight excluding hydrogens is 172 g/mol. The maximum absolute atomic E-state index is 5.29. The highest BCUT2D eigenvalue weighted by Crippen LogP contribution is 2.23. The summed E-state index contributed by atoms with van der Waals surface area (Å²) in [5.41, 5.74) is 0.